The molecule has 5 nitrogen and oxygen atoms in total. The van der Waals surface area contributed by atoms with E-state index in [1.54, 1.807) is 20.3 Å². The molecule has 0 aliphatic heterocycles. The number of benzene rings is 2. The number of fused-ring (bicyclic) bond motifs is 1. The maximum absolute atomic E-state index is 5.96. The first kappa shape index (κ1) is 13.8. The van der Waals surface area contributed by atoms with Crippen LogP contribution in [0.1, 0.15) is 0 Å². The Labute approximate surface area is 129 Å². The van der Waals surface area contributed by atoms with Crippen molar-refractivity contribution in [2.75, 3.05) is 20.0 Å². The molecule has 108 valence electrons. The number of rotatable bonds is 3. The quantitative estimate of drug-likeness (QED) is 0.727. The molecule has 0 bridgehead atoms. The Morgan fingerprint density at radius 2 is 2.00 bits per heavy atom. The molecule has 2 N–H and O–H groups in total. The summed E-state index contributed by atoms with van der Waals surface area (Å²) in [6.07, 6.45) is 0. The van der Waals surface area contributed by atoms with Crippen LogP contribution in [0.15, 0.2) is 39.2 Å². The van der Waals surface area contributed by atoms with E-state index in [9.17, 15) is 0 Å². The molecule has 3 aromatic rings. The summed E-state index contributed by atoms with van der Waals surface area (Å²) >= 11 is 3.39. The lowest BCUT2D eigenvalue weighted by molar-refractivity contribution is 0.355. The van der Waals surface area contributed by atoms with Crippen LogP contribution in [0.25, 0.3) is 22.6 Å². The number of nitrogen functional groups attached to an aromatic ring is 1. The van der Waals surface area contributed by atoms with Gasteiger partial charge in [0.2, 0.25) is 5.89 Å². The van der Waals surface area contributed by atoms with E-state index >= 15 is 0 Å². The van der Waals surface area contributed by atoms with E-state index in [0.29, 0.717) is 39.7 Å². The second-order valence-electron chi connectivity index (χ2n) is 4.40. The number of methoxy groups -OCH3 is 2. The Hall–Kier alpha value is -2.21. The standard InChI is InChI=1S/C15H13BrN2O3/c1-19-12-5-3-4-9(13(12)20-2)15-18-11-7-8(16)6-10(17)14(11)21-15/h3-7H,17H2,1-2H3. The first-order valence-electron chi connectivity index (χ1n) is 6.21. The summed E-state index contributed by atoms with van der Waals surface area (Å²) in [7, 11) is 3.16. The number of aromatic nitrogens is 1. The van der Waals surface area contributed by atoms with Crippen LogP contribution in [0.3, 0.4) is 0 Å². The molecule has 21 heavy (non-hydrogen) atoms. The van der Waals surface area contributed by atoms with Crippen LogP contribution in [0, 0.1) is 0 Å². The molecule has 1 heterocycles. The topological polar surface area (TPSA) is 70.5 Å². The van der Waals surface area contributed by atoms with E-state index in [4.69, 9.17) is 19.6 Å². The van der Waals surface area contributed by atoms with Crippen LogP contribution in [0.5, 0.6) is 11.5 Å². The minimum atomic E-state index is 0.436. The fourth-order valence-electron chi connectivity index (χ4n) is 2.19. The summed E-state index contributed by atoms with van der Waals surface area (Å²) in [4.78, 5) is 4.48. The van der Waals surface area contributed by atoms with Crippen LogP contribution < -0.4 is 15.2 Å². The molecule has 3 rings (SSSR count). The summed E-state index contributed by atoms with van der Waals surface area (Å²) in [5, 5.41) is 0. The van der Waals surface area contributed by atoms with Gasteiger partial charge in [0.25, 0.3) is 0 Å². The summed E-state index contributed by atoms with van der Waals surface area (Å²) < 4.78 is 17.3. The zero-order valence-electron chi connectivity index (χ0n) is 11.5. The predicted molar refractivity (Wildman–Crippen MR) is 84.7 cm³/mol. The molecule has 6 heteroatoms. The van der Waals surface area contributed by atoms with Gasteiger partial charge >= 0.3 is 0 Å². The first-order valence-corrected chi connectivity index (χ1v) is 7.00. The van der Waals surface area contributed by atoms with Crippen molar-refractivity contribution in [3.8, 4) is 23.0 Å². The van der Waals surface area contributed by atoms with Crippen molar-refractivity contribution in [1.82, 2.24) is 4.98 Å². The number of para-hydroxylation sites is 1. The van der Waals surface area contributed by atoms with Gasteiger partial charge in [0.1, 0.15) is 5.52 Å². The largest absolute Gasteiger partial charge is 0.493 e. The lowest BCUT2D eigenvalue weighted by Gasteiger charge is -2.09. The van der Waals surface area contributed by atoms with Gasteiger partial charge in [0, 0.05) is 4.47 Å². The minimum absolute atomic E-state index is 0.436. The van der Waals surface area contributed by atoms with Gasteiger partial charge in [-0.2, -0.15) is 0 Å². The second-order valence-corrected chi connectivity index (χ2v) is 5.32. The van der Waals surface area contributed by atoms with Crippen molar-refractivity contribution in [3.05, 3.63) is 34.8 Å². The van der Waals surface area contributed by atoms with Crippen molar-refractivity contribution < 1.29 is 13.9 Å². The van der Waals surface area contributed by atoms with Crippen molar-refractivity contribution in [3.63, 3.8) is 0 Å². The van der Waals surface area contributed by atoms with Crippen molar-refractivity contribution in [2.45, 2.75) is 0 Å². The van der Waals surface area contributed by atoms with Crippen LogP contribution in [-0.4, -0.2) is 19.2 Å². The van der Waals surface area contributed by atoms with E-state index in [0.717, 1.165) is 4.47 Å². The average Bonchev–Trinajstić information content (AvgIpc) is 2.90. The summed E-state index contributed by atoms with van der Waals surface area (Å²) in [5.41, 5.74) is 8.43. The van der Waals surface area contributed by atoms with Crippen molar-refractivity contribution in [1.29, 1.82) is 0 Å². The molecule has 0 saturated heterocycles. The second kappa shape index (κ2) is 5.29. The highest BCUT2D eigenvalue weighted by Gasteiger charge is 2.17. The molecular weight excluding hydrogens is 336 g/mol. The van der Waals surface area contributed by atoms with E-state index in [1.807, 2.05) is 24.3 Å². The lowest BCUT2D eigenvalue weighted by Crippen LogP contribution is -1.93. The predicted octanol–water partition coefficient (Wildman–Crippen LogP) is 3.86. The number of anilines is 1. The lowest BCUT2D eigenvalue weighted by atomic mass is 10.2. The molecule has 0 fully saturated rings. The zero-order chi connectivity index (χ0) is 15.0. The van der Waals surface area contributed by atoms with Gasteiger partial charge in [-0.05, 0) is 24.3 Å². The fraction of sp³-hybridized carbons (Fsp3) is 0.133. The van der Waals surface area contributed by atoms with Gasteiger partial charge in [-0.3, -0.25) is 0 Å². The molecular formula is C15H13BrN2O3. The normalized spacial score (nSPS) is 10.8. The molecule has 0 aliphatic rings. The molecule has 0 spiro atoms. The fourth-order valence-corrected chi connectivity index (χ4v) is 2.66. The minimum Gasteiger partial charge on any atom is -0.493 e. The number of nitrogens with zero attached hydrogens (tertiary/aromatic N) is 1. The SMILES string of the molecule is COc1cccc(-c2nc3cc(Br)cc(N)c3o2)c1OC. The molecule has 0 radical (unpaired) electrons. The van der Waals surface area contributed by atoms with E-state index in [2.05, 4.69) is 20.9 Å². The third-order valence-electron chi connectivity index (χ3n) is 3.12. The zero-order valence-corrected chi connectivity index (χ0v) is 13.1. The third kappa shape index (κ3) is 2.31. The van der Waals surface area contributed by atoms with Crippen LogP contribution in [-0.2, 0) is 0 Å². The van der Waals surface area contributed by atoms with Crippen molar-refractivity contribution >= 4 is 32.7 Å². The van der Waals surface area contributed by atoms with E-state index in [-0.39, 0.29) is 0 Å². The summed E-state index contributed by atoms with van der Waals surface area (Å²) in [6, 6.07) is 9.16. The molecule has 0 saturated carbocycles. The molecule has 1 aromatic heterocycles. The maximum atomic E-state index is 5.96. The van der Waals surface area contributed by atoms with Crippen LogP contribution in [0.2, 0.25) is 0 Å². The Balaban J connectivity index is 2.23. The Morgan fingerprint density at radius 1 is 1.19 bits per heavy atom. The van der Waals surface area contributed by atoms with E-state index in [1.165, 1.54) is 0 Å². The van der Waals surface area contributed by atoms with Gasteiger partial charge in [-0.1, -0.05) is 22.0 Å². The van der Waals surface area contributed by atoms with Crippen molar-refractivity contribution in [2.24, 2.45) is 0 Å². The number of nitrogens with two attached hydrogens (primary N) is 1. The number of ether oxygens (including phenoxy) is 2. The summed E-state index contributed by atoms with van der Waals surface area (Å²) in [5.74, 6) is 1.63. The van der Waals surface area contributed by atoms with Gasteiger partial charge in [-0.25, -0.2) is 4.98 Å². The number of hydrogen-bond donors (Lipinski definition) is 1. The van der Waals surface area contributed by atoms with Gasteiger partial charge in [-0.15, -0.1) is 0 Å². The van der Waals surface area contributed by atoms with Gasteiger partial charge < -0.3 is 19.6 Å². The maximum Gasteiger partial charge on any atom is 0.231 e. The number of oxazole rings is 1. The number of hydrogen-bond acceptors (Lipinski definition) is 5. The van der Waals surface area contributed by atoms with E-state index < -0.39 is 0 Å². The highest BCUT2D eigenvalue weighted by molar-refractivity contribution is 9.10. The molecule has 0 aliphatic carbocycles. The average molecular weight is 349 g/mol. The molecule has 0 atom stereocenters. The molecule has 0 unspecified atom stereocenters. The monoisotopic (exact) mass is 348 g/mol. The molecule has 2 aromatic carbocycles. The Morgan fingerprint density at radius 3 is 2.71 bits per heavy atom. The highest BCUT2D eigenvalue weighted by atomic mass is 79.9. The first-order chi connectivity index (χ1) is 10.1. The van der Waals surface area contributed by atoms with Crippen LogP contribution in [0.4, 0.5) is 5.69 Å². The Bertz CT molecular complexity index is 814. The number of halogens is 1. The highest BCUT2D eigenvalue weighted by Crippen LogP contribution is 2.39. The van der Waals surface area contributed by atoms with Gasteiger partial charge in [0.05, 0.1) is 25.5 Å². The third-order valence-corrected chi connectivity index (χ3v) is 3.57. The van der Waals surface area contributed by atoms with Gasteiger partial charge in [0.15, 0.2) is 17.1 Å². The summed E-state index contributed by atoms with van der Waals surface area (Å²) in [6.45, 7) is 0. The molecule has 0 amide bonds. The Kier molecular flexibility index (Phi) is 3.47. The smallest absolute Gasteiger partial charge is 0.231 e. The van der Waals surface area contributed by atoms with Crippen LogP contribution >= 0.6 is 15.9 Å².